The summed E-state index contributed by atoms with van der Waals surface area (Å²) in [6.45, 7) is 8.06. The van der Waals surface area contributed by atoms with Gasteiger partial charge in [-0.15, -0.1) is 12.3 Å². The van der Waals surface area contributed by atoms with E-state index in [1.165, 1.54) is 0 Å². The lowest BCUT2D eigenvalue weighted by Crippen LogP contribution is -2.34. The quantitative estimate of drug-likeness (QED) is 0.516. The minimum Gasteiger partial charge on any atom is -0.444 e. The van der Waals surface area contributed by atoms with Crippen molar-refractivity contribution in [3.63, 3.8) is 0 Å². The minimum atomic E-state index is -0.431. The molecule has 0 spiro atoms. The highest BCUT2D eigenvalue weighted by molar-refractivity contribution is 5.67. The second kappa shape index (κ2) is 9.78. The van der Waals surface area contributed by atoms with E-state index in [1.807, 2.05) is 20.8 Å². The molecule has 0 aromatic carbocycles. The molecule has 0 bridgehead atoms. The summed E-state index contributed by atoms with van der Waals surface area (Å²) in [7, 11) is 0. The van der Waals surface area contributed by atoms with Crippen LogP contribution in [-0.4, -0.2) is 31.3 Å². The second-order valence-electron chi connectivity index (χ2n) is 5.19. The number of alkyl carbamates (subject to hydrolysis) is 1. The van der Waals surface area contributed by atoms with Crippen LogP contribution in [0, 0.1) is 12.3 Å². The summed E-state index contributed by atoms with van der Waals surface area (Å²) in [6.07, 6.45) is 8.72. The maximum Gasteiger partial charge on any atom is 0.407 e. The molecule has 0 radical (unpaired) electrons. The lowest BCUT2D eigenvalue weighted by molar-refractivity contribution is 0.0527. The van der Waals surface area contributed by atoms with Crippen molar-refractivity contribution >= 4 is 6.09 Å². The largest absolute Gasteiger partial charge is 0.444 e. The molecule has 0 aromatic rings. The number of rotatable bonds is 8. The van der Waals surface area contributed by atoms with Crippen LogP contribution in [0.3, 0.4) is 0 Å². The molecule has 1 amide bonds. The van der Waals surface area contributed by atoms with Crippen molar-refractivity contribution in [3.05, 3.63) is 0 Å². The Balaban J connectivity index is 3.26. The smallest absolute Gasteiger partial charge is 0.407 e. The Labute approximate surface area is 111 Å². The van der Waals surface area contributed by atoms with Crippen molar-refractivity contribution in [1.29, 1.82) is 0 Å². The van der Waals surface area contributed by atoms with Crippen molar-refractivity contribution in [2.45, 2.75) is 52.1 Å². The maximum atomic E-state index is 11.3. The lowest BCUT2D eigenvalue weighted by atomic mass is 10.2. The molecule has 0 aliphatic heterocycles. The van der Waals surface area contributed by atoms with Crippen molar-refractivity contribution in [2.75, 3.05) is 19.6 Å². The van der Waals surface area contributed by atoms with E-state index in [0.717, 1.165) is 38.8 Å². The van der Waals surface area contributed by atoms with Crippen LogP contribution in [0.4, 0.5) is 4.79 Å². The lowest BCUT2D eigenvalue weighted by Gasteiger charge is -2.19. The van der Waals surface area contributed by atoms with Gasteiger partial charge in [0.15, 0.2) is 0 Å². The number of hydrogen-bond donors (Lipinski definition) is 2. The zero-order valence-corrected chi connectivity index (χ0v) is 11.8. The molecule has 18 heavy (non-hydrogen) atoms. The highest BCUT2D eigenvalue weighted by Gasteiger charge is 2.15. The molecule has 0 fully saturated rings. The fraction of sp³-hybridized carbons (Fsp3) is 0.786. The van der Waals surface area contributed by atoms with E-state index in [0.29, 0.717) is 6.54 Å². The zero-order chi connectivity index (χ0) is 13.9. The second-order valence-corrected chi connectivity index (χ2v) is 5.19. The first kappa shape index (κ1) is 16.8. The van der Waals surface area contributed by atoms with Crippen LogP contribution in [0.5, 0.6) is 0 Å². The van der Waals surface area contributed by atoms with Gasteiger partial charge in [-0.25, -0.2) is 4.79 Å². The van der Waals surface area contributed by atoms with Gasteiger partial charge in [-0.3, -0.25) is 0 Å². The third kappa shape index (κ3) is 12.9. The first-order valence-electron chi connectivity index (χ1n) is 6.57. The number of ether oxygens (including phenoxy) is 1. The molecule has 0 rings (SSSR count). The van der Waals surface area contributed by atoms with E-state index in [2.05, 4.69) is 16.6 Å². The Bertz CT molecular complexity index is 264. The molecule has 0 saturated heterocycles. The summed E-state index contributed by atoms with van der Waals surface area (Å²) in [5, 5.41) is 6.03. The number of terminal acetylenes is 1. The molecule has 2 N–H and O–H groups in total. The van der Waals surface area contributed by atoms with Crippen LogP contribution in [0.2, 0.25) is 0 Å². The molecule has 0 unspecified atom stereocenters. The summed E-state index contributed by atoms with van der Waals surface area (Å²) < 4.78 is 5.12. The first-order chi connectivity index (χ1) is 8.45. The van der Waals surface area contributed by atoms with Crippen LogP contribution in [0.25, 0.3) is 0 Å². The predicted molar refractivity (Wildman–Crippen MR) is 74.4 cm³/mol. The molecule has 0 aliphatic carbocycles. The Morgan fingerprint density at radius 2 is 1.83 bits per heavy atom. The SMILES string of the molecule is C#CCCCCNCCCNC(=O)OC(C)(C)C. The fourth-order valence-corrected chi connectivity index (χ4v) is 1.32. The molecule has 0 aromatic heterocycles. The number of amides is 1. The van der Waals surface area contributed by atoms with Crippen LogP contribution >= 0.6 is 0 Å². The molecule has 4 heteroatoms. The van der Waals surface area contributed by atoms with Gasteiger partial charge in [-0.1, -0.05) is 0 Å². The summed E-state index contributed by atoms with van der Waals surface area (Å²) in [5.74, 6) is 2.62. The normalized spacial score (nSPS) is 10.8. The Kier molecular flexibility index (Phi) is 9.13. The third-order valence-corrected chi connectivity index (χ3v) is 2.12. The molecule has 104 valence electrons. The predicted octanol–water partition coefficient (Wildman–Crippen LogP) is 2.29. The van der Waals surface area contributed by atoms with Crippen LogP contribution in [-0.2, 0) is 4.74 Å². The summed E-state index contributed by atoms with van der Waals surface area (Å²) >= 11 is 0. The third-order valence-electron chi connectivity index (χ3n) is 2.12. The Morgan fingerprint density at radius 3 is 2.44 bits per heavy atom. The Hall–Kier alpha value is -1.21. The topological polar surface area (TPSA) is 50.4 Å². The zero-order valence-electron chi connectivity index (χ0n) is 11.8. The van der Waals surface area contributed by atoms with Crippen LogP contribution < -0.4 is 10.6 Å². The molecule has 0 aliphatic rings. The van der Waals surface area contributed by atoms with Gasteiger partial charge in [0.1, 0.15) is 5.60 Å². The van der Waals surface area contributed by atoms with Gasteiger partial charge < -0.3 is 15.4 Å². The molecule has 0 heterocycles. The minimum absolute atomic E-state index is 0.350. The van der Waals surface area contributed by atoms with E-state index in [9.17, 15) is 4.79 Å². The van der Waals surface area contributed by atoms with Gasteiger partial charge in [0.2, 0.25) is 0 Å². The molecular formula is C14H26N2O2. The molecular weight excluding hydrogens is 228 g/mol. The summed E-state index contributed by atoms with van der Waals surface area (Å²) in [5.41, 5.74) is -0.431. The van der Waals surface area contributed by atoms with Gasteiger partial charge in [-0.05, 0) is 53.1 Å². The van der Waals surface area contributed by atoms with E-state index in [1.54, 1.807) is 0 Å². The monoisotopic (exact) mass is 254 g/mol. The Morgan fingerprint density at radius 1 is 1.17 bits per heavy atom. The molecule has 0 atom stereocenters. The highest BCUT2D eigenvalue weighted by atomic mass is 16.6. The van der Waals surface area contributed by atoms with Crippen LogP contribution in [0.1, 0.15) is 46.5 Å². The van der Waals surface area contributed by atoms with E-state index < -0.39 is 5.60 Å². The van der Waals surface area contributed by atoms with E-state index >= 15 is 0 Å². The average molecular weight is 254 g/mol. The fourth-order valence-electron chi connectivity index (χ4n) is 1.32. The number of carbonyl (C=O) groups excluding carboxylic acids is 1. The standard InChI is InChI=1S/C14H26N2O2/c1-5-6-7-8-10-15-11-9-12-16-13(17)18-14(2,3)4/h1,15H,6-12H2,2-4H3,(H,16,17). The first-order valence-corrected chi connectivity index (χ1v) is 6.57. The van der Waals surface area contributed by atoms with Gasteiger partial charge >= 0.3 is 6.09 Å². The number of unbranched alkanes of at least 4 members (excludes halogenated alkanes) is 2. The average Bonchev–Trinajstić information content (AvgIpc) is 2.24. The number of nitrogens with one attached hydrogen (secondary N) is 2. The van der Waals surface area contributed by atoms with E-state index in [-0.39, 0.29) is 6.09 Å². The van der Waals surface area contributed by atoms with Crippen molar-refractivity contribution in [2.24, 2.45) is 0 Å². The van der Waals surface area contributed by atoms with Gasteiger partial charge in [0.25, 0.3) is 0 Å². The van der Waals surface area contributed by atoms with E-state index in [4.69, 9.17) is 11.2 Å². The van der Waals surface area contributed by atoms with Crippen molar-refractivity contribution in [3.8, 4) is 12.3 Å². The van der Waals surface area contributed by atoms with Crippen LogP contribution in [0.15, 0.2) is 0 Å². The summed E-state index contributed by atoms with van der Waals surface area (Å²) in [6, 6.07) is 0. The number of hydrogen-bond acceptors (Lipinski definition) is 3. The van der Waals surface area contributed by atoms with Crippen molar-refractivity contribution < 1.29 is 9.53 Å². The summed E-state index contributed by atoms with van der Waals surface area (Å²) in [4.78, 5) is 11.3. The van der Waals surface area contributed by atoms with Gasteiger partial charge in [0, 0.05) is 13.0 Å². The van der Waals surface area contributed by atoms with Gasteiger partial charge in [-0.2, -0.15) is 0 Å². The van der Waals surface area contributed by atoms with Crippen molar-refractivity contribution in [1.82, 2.24) is 10.6 Å². The maximum absolute atomic E-state index is 11.3. The van der Waals surface area contributed by atoms with Gasteiger partial charge in [0.05, 0.1) is 0 Å². The molecule has 4 nitrogen and oxygen atoms in total. The highest BCUT2D eigenvalue weighted by Crippen LogP contribution is 2.06. The molecule has 0 saturated carbocycles. The number of carbonyl (C=O) groups is 1.